The Kier molecular flexibility index (Phi) is 6.73. The molecule has 1 aliphatic heterocycles. The number of carbonyl (C=O) groups is 3. The van der Waals surface area contributed by atoms with Crippen molar-refractivity contribution in [3.05, 3.63) is 64.7 Å². The lowest BCUT2D eigenvalue weighted by molar-refractivity contribution is -0.119. The van der Waals surface area contributed by atoms with E-state index in [2.05, 4.69) is 5.32 Å². The first kappa shape index (κ1) is 24.3. The molecule has 1 saturated heterocycles. The average molecular weight is 483 g/mol. The molecule has 34 heavy (non-hydrogen) atoms. The summed E-state index contributed by atoms with van der Waals surface area (Å²) in [6.07, 6.45) is 4.02. The summed E-state index contributed by atoms with van der Waals surface area (Å²) in [7, 11) is -3.41. The minimum Gasteiger partial charge on any atom is -0.325 e. The minimum atomic E-state index is -3.41. The lowest BCUT2D eigenvalue weighted by Gasteiger charge is -2.28. The van der Waals surface area contributed by atoms with Crippen LogP contribution in [0, 0.1) is 5.92 Å². The van der Waals surface area contributed by atoms with Crippen LogP contribution in [0.15, 0.2) is 42.5 Å². The van der Waals surface area contributed by atoms with Gasteiger partial charge in [0.15, 0.2) is 11.6 Å². The number of anilines is 1. The second kappa shape index (κ2) is 9.43. The van der Waals surface area contributed by atoms with Gasteiger partial charge in [-0.2, -0.15) is 0 Å². The predicted octanol–water partition coefficient (Wildman–Crippen LogP) is 4.02. The molecule has 2 aliphatic carbocycles. The summed E-state index contributed by atoms with van der Waals surface area (Å²) >= 11 is 0. The van der Waals surface area contributed by atoms with Crippen LogP contribution < -0.4 is 5.32 Å². The van der Waals surface area contributed by atoms with E-state index >= 15 is 0 Å². The first-order valence-electron chi connectivity index (χ1n) is 11.5. The van der Waals surface area contributed by atoms with Gasteiger partial charge in [0, 0.05) is 35.7 Å². The second-order valence-corrected chi connectivity index (χ2v) is 11.3. The van der Waals surface area contributed by atoms with Crippen molar-refractivity contribution in [2.24, 2.45) is 5.92 Å². The summed E-state index contributed by atoms with van der Waals surface area (Å²) in [5.41, 5.74) is 1.46. The molecule has 7 nitrogen and oxygen atoms in total. The topological polar surface area (TPSA) is 101 Å². The number of hydrogen-bond acceptors (Lipinski definition) is 5. The number of benzene rings is 2. The van der Waals surface area contributed by atoms with Crippen molar-refractivity contribution in [1.82, 2.24) is 4.31 Å². The van der Waals surface area contributed by atoms with E-state index in [1.165, 1.54) is 0 Å². The zero-order valence-electron chi connectivity index (χ0n) is 18.2. The van der Waals surface area contributed by atoms with E-state index in [0.29, 0.717) is 42.7 Å². The number of amides is 1. The molecule has 2 atom stereocenters. The van der Waals surface area contributed by atoms with E-state index in [1.807, 2.05) is 0 Å². The van der Waals surface area contributed by atoms with Crippen LogP contribution >= 0.6 is 0 Å². The summed E-state index contributed by atoms with van der Waals surface area (Å²) in [4.78, 5) is 39.1. The number of fused-ring (bicyclic) bond motifs is 2. The number of rotatable bonds is 4. The van der Waals surface area contributed by atoms with Gasteiger partial charge in [0.25, 0.3) is 0 Å². The molecular formula is C26H30N2O5S. The van der Waals surface area contributed by atoms with Crippen LogP contribution in [0.25, 0.3) is 0 Å². The maximum Gasteiger partial charge on any atom is 0.227 e. The van der Waals surface area contributed by atoms with Crippen LogP contribution in [0.2, 0.25) is 0 Å². The van der Waals surface area contributed by atoms with Crippen molar-refractivity contribution in [3.8, 4) is 0 Å². The Morgan fingerprint density at radius 3 is 2.21 bits per heavy atom. The van der Waals surface area contributed by atoms with Gasteiger partial charge in [-0.1, -0.05) is 50.2 Å². The number of hydrogen-bond donors (Lipinski definition) is 1. The van der Waals surface area contributed by atoms with Crippen molar-refractivity contribution in [1.29, 1.82) is 0 Å². The minimum absolute atomic E-state index is 0. The monoisotopic (exact) mass is 482 g/mol. The molecule has 0 aromatic heterocycles. The highest BCUT2D eigenvalue weighted by Crippen LogP contribution is 2.36. The number of ketones is 2. The van der Waals surface area contributed by atoms with E-state index in [9.17, 15) is 22.8 Å². The molecule has 8 heteroatoms. The summed E-state index contributed by atoms with van der Waals surface area (Å²) in [6, 6.07) is 11.5. The Balaban J connectivity index is 0.00000274. The Hall–Kier alpha value is -2.84. The largest absolute Gasteiger partial charge is 0.325 e. The van der Waals surface area contributed by atoms with Crippen molar-refractivity contribution >= 4 is 33.2 Å². The number of carbonyl (C=O) groups excluding carboxylic acids is 3. The highest BCUT2D eigenvalue weighted by atomic mass is 32.2. The van der Waals surface area contributed by atoms with Gasteiger partial charge in [0.2, 0.25) is 15.9 Å². The van der Waals surface area contributed by atoms with Crippen LogP contribution in [-0.4, -0.2) is 48.5 Å². The summed E-state index contributed by atoms with van der Waals surface area (Å²) in [5, 5.41) is 2.28. The molecule has 2 unspecified atom stereocenters. The normalized spacial score (nSPS) is 22.5. The van der Waals surface area contributed by atoms with Gasteiger partial charge in [-0.15, -0.1) is 0 Å². The predicted molar refractivity (Wildman–Crippen MR) is 131 cm³/mol. The maximum absolute atomic E-state index is 13.1. The molecule has 0 spiro atoms. The molecule has 1 amide bonds. The maximum atomic E-state index is 13.1. The lowest BCUT2D eigenvalue weighted by Crippen LogP contribution is -2.41. The first-order valence-corrected chi connectivity index (χ1v) is 13.0. The molecule has 2 fully saturated rings. The molecule has 0 bridgehead atoms. The molecular weight excluding hydrogens is 452 g/mol. The summed E-state index contributed by atoms with van der Waals surface area (Å²) < 4.78 is 27.6. The summed E-state index contributed by atoms with van der Waals surface area (Å²) in [5.74, 6) is -1.30. The van der Waals surface area contributed by atoms with Crippen LogP contribution in [-0.2, 0) is 14.8 Å². The fourth-order valence-corrected chi connectivity index (χ4v) is 7.36. The SMILES string of the molecule is C.O=C1c2ccccc2C(=O)c2c(NC(=O)C3CCC(S(=O)(=O)N4CCCCC4)C3)cccc21. The van der Waals surface area contributed by atoms with Crippen molar-refractivity contribution in [2.75, 3.05) is 18.4 Å². The van der Waals surface area contributed by atoms with E-state index in [4.69, 9.17) is 0 Å². The van der Waals surface area contributed by atoms with Gasteiger partial charge in [-0.3, -0.25) is 14.4 Å². The Bertz CT molecular complexity index is 1250. The number of nitrogens with one attached hydrogen (secondary N) is 1. The van der Waals surface area contributed by atoms with Gasteiger partial charge >= 0.3 is 0 Å². The van der Waals surface area contributed by atoms with E-state index in [0.717, 1.165) is 19.3 Å². The van der Waals surface area contributed by atoms with Gasteiger partial charge in [0.05, 0.1) is 16.5 Å². The van der Waals surface area contributed by atoms with Gasteiger partial charge in [0.1, 0.15) is 0 Å². The van der Waals surface area contributed by atoms with Gasteiger partial charge < -0.3 is 5.32 Å². The Morgan fingerprint density at radius 2 is 1.50 bits per heavy atom. The van der Waals surface area contributed by atoms with Crippen molar-refractivity contribution in [2.45, 2.75) is 51.2 Å². The zero-order valence-corrected chi connectivity index (χ0v) is 19.1. The number of nitrogens with zero attached hydrogens (tertiary/aromatic N) is 1. The van der Waals surface area contributed by atoms with E-state index < -0.39 is 21.2 Å². The highest BCUT2D eigenvalue weighted by Gasteiger charge is 2.41. The molecule has 2 aromatic carbocycles. The standard InChI is InChI=1S/C25H26N2O5S.CH4/c28-23-18-7-2-3-8-19(18)24(29)22-20(23)9-6-10-21(22)26-25(30)16-11-12-17(15-16)33(31,32)27-13-4-1-5-14-27;/h2-3,6-10,16-17H,1,4-5,11-15H2,(H,26,30);1H4. The molecule has 1 heterocycles. The molecule has 1 saturated carbocycles. The summed E-state index contributed by atoms with van der Waals surface area (Å²) in [6.45, 7) is 1.12. The van der Waals surface area contributed by atoms with Crippen molar-refractivity contribution in [3.63, 3.8) is 0 Å². The Morgan fingerprint density at radius 1 is 0.853 bits per heavy atom. The van der Waals surface area contributed by atoms with E-state index in [1.54, 1.807) is 46.8 Å². The molecule has 3 aliphatic rings. The third-order valence-electron chi connectivity index (χ3n) is 7.06. The third kappa shape index (κ3) is 4.09. The van der Waals surface area contributed by atoms with Gasteiger partial charge in [-0.25, -0.2) is 12.7 Å². The van der Waals surface area contributed by atoms with Crippen LogP contribution in [0.3, 0.4) is 0 Å². The highest BCUT2D eigenvalue weighted by molar-refractivity contribution is 7.89. The lowest BCUT2D eigenvalue weighted by atomic mass is 9.83. The average Bonchev–Trinajstić information content (AvgIpc) is 3.35. The van der Waals surface area contributed by atoms with Gasteiger partial charge in [-0.05, 0) is 38.2 Å². The fraction of sp³-hybridized carbons (Fsp3) is 0.423. The number of piperidine rings is 1. The van der Waals surface area contributed by atoms with Crippen molar-refractivity contribution < 1.29 is 22.8 Å². The van der Waals surface area contributed by atoms with Crippen LogP contribution in [0.4, 0.5) is 5.69 Å². The molecule has 5 rings (SSSR count). The molecule has 0 radical (unpaired) electrons. The van der Waals surface area contributed by atoms with Crippen LogP contribution in [0.1, 0.15) is 77.8 Å². The Labute approximate surface area is 200 Å². The second-order valence-electron chi connectivity index (χ2n) is 9.06. The molecule has 2 aromatic rings. The quantitative estimate of drug-likeness (QED) is 0.605. The van der Waals surface area contributed by atoms with Crippen LogP contribution in [0.5, 0.6) is 0 Å². The van der Waals surface area contributed by atoms with E-state index in [-0.39, 0.29) is 42.4 Å². The molecule has 1 N–H and O–H groups in total. The molecule has 180 valence electrons. The fourth-order valence-electron chi connectivity index (χ4n) is 5.26. The smallest absolute Gasteiger partial charge is 0.227 e. The first-order chi connectivity index (χ1) is 15.9. The zero-order chi connectivity index (χ0) is 23.2. The number of sulfonamides is 1. The third-order valence-corrected chi connectivity index (χ3v) is 9.42.